The Morgan fingerprint density at radius 1 is 1.12 bits per heavy atom. The fourth-order valence-corrected chi connectivity index (χ4v) is 3.89. The Balaban J connectivity index is 1.88. The molecule has 4 rings (SSSR count). The van der Waals surface area contributed by atoms with Crippen LogP contribution in [0.3, 0.4) is 0 Å². The molecule has 0 unspecified atom stereocenters. The number of ether oxygens (including phenoxy) is 2. The third-order valence-corrected chi connectivity index (χ3v) is 5.49. The quantitative estimate of drug-likeness (QED) is 0.452. The van der Waals surface area contributed by atoms with E-state index < -0.39 is 5.97 Å². The van der Waals surface area contributed by atoms with Gasteiger partial charge in [0.05, 0.1) is 42.8 Å². The summed E-state index contributed by atoms with van der Waals surface area (Å²) in [7, 11) is 1.59. The van der Waals surface area contributed by atoms with Gasteiger partial charge in [-0.2, -0.15) is 0 Å². The summed E-state index contributed by atoms with van der Waals surface area (Å²) in [5.74, 6) is 0.360. The number of aromatic nitrogens is 1. The molecule has 0 fully saturated rings. The highest BCUT2D eigenvalue weighted by atomic mass is 16.5. The van der Waals surface area contributed by atoms with Crippen LogP contribution in [0.1, 0.15) is 39.7 Å². The lowest BCUT2D eigenvalue weighted by atomic mass is 10.00. The van der Waals surface area contributed by atoms with Crippen molar-refractivity contribution in [2.45, 2.75) is 20.4 Å². The Kier molecular flexibility index (Phi) is 6.13. The smallest absolute Gasteiger partial charge is 0.342 e. The maximum absolute atomic E-state index is 13.6. The van der Waals surface area contributed by atoms with Gasteiger partial charge >= 0.3 is 5.97 Å². The number of amides is 1. The summed E-state index contributed by atoms with van der Waals surface area (Å²) >= 11 is 0. The number of nitrogens with zero attached hydrogens (tertiary/aromatic N) is 2. The van der Waals surface area contributed by atoms with Crippen LogP contribution in [0.4, 0.5) is 11.5 Å². The fourth-order valence-electron chi connectivity index (χ4n) is 3.89. The van der Waals surface area contributed by atoms with Crippen molar-refractivity contribution in [3.05, 3.63) is 82.5 Å². The summed E-state index contributed by atoms with van der Waals surface area (Å²) in [5, 5.41) is 0. The molecule has 2 N–H and O–H groups in total. The third-order valence-electron chi connectivity index (χ3n) is 5.49. The Morgan fingerprint density at radius 3 is 2.45 bits per heavy atom. The van der Waals surface area contributed by atoms with Gasteiger partial charge in [0.1, 0.15) is 17.1 Å². The molecule has 0 atom stereocenters. The van der Waals surface area contributed by atoms with Gasteiger partial charge in [0.15, 0.2) is 0 Å². The molecule has 0 saturated carbocycles. The van der Waals surface area contributed by atoms with Gasteiger partial charge < -0.3 is 15.2 Å². The molecule has 7 nitrogen and oxygen atoms in total. The van der Waals surface area contributed by atoms with E-state index in [-0.39, 0.29) is 23.8 Å². The number of nitrogens with two attached hydrogens (primary N) is 1. The summed E-state index contributed by atoms with van der Waals surface area (Å²) in [6.45, 7) is 3.96. The summed E-state index contributed by atoms with van der Waals surface area (Å²) < 4.78 is 10.4. The second-order valence-corrected chi connectivity index (χ2v) is 7.61. The molecule has 0 bridgehead atoms. The van der Waals surface area contributed by atoms with E-state index in [1.54, 1.807) is 31.9 Å². The number of pyridine rings is 1. The lowest BCUT2D eigenvalue weighted by Crippen LogP contribution is -2.26. The number of carbonyl (C=O) groups excluding carboxylic acids is 2. The molecule has 2 heterocycles. The zero-order valence-electron chi connectivity index (χ0n) is 18.8. The monoisotopic (exact) mass is 443 g/mol. The first-order valence-corrected chi connectivity index (χ1v) is 10.6. The zero-order chi connectivity index (χ0) is 23.5. The molecular weight excluding hydrogens is 418 g/mol. The molecule has 7 heteroatoms. The molecule has 1 aromatic heterocycles. The van der Waals surface area contributed by atoms with E-state index in [1.165, 1.54) is 0 Å². The van der Waals surface area contributed by atoms with Crippen LogP contribution >= 0.6 is 0 Å². The largest absolute Gasteiger partial charge is 0.497 e. The van der Waals surface area contributed by atoms with E-state index in [0.717, 1.165) is 11.1 Å². The summed E-state index contributed by atoms with van der Waals surface area (Å²) in [6.07, 6.45) is 1.76. The molecule has 33 heavy (non-hydrogen) atoms. The molecular formula is C26H25N3O4. The Bertz CT molecular complexity index is 1230. The van der Waals surface area contributed by atoms with Crippen LogP contribution in [-0.4, -0.2) is 30.6 Å². The molecule has 1 amide bonds. The van der Waals surface area contributed by atoms with Gasteiger partial charge in [-0.05, 0) is 43.2 Å². The van der Waals surface area contributed by atoms with E-state index in [9.17, 15) is 9.59 Å². The lowest BCUT2D eigenvalue weighted by molar-refractivity contribution is -0.113. The number of nitrogen functional groups attached to an aromatic ring is 1. The number of aryl methyl sites for hydroxylation is 1. The Morgan fingerprint density at radius 2 is 1.82 bits per heavy atom. The first-order chi connectivity index (χ1) is 15.9. The Hall–Kier alpha value is -4.13. The van der Waals surface area contributed by atoms with E-state index in [1.807, 2.05) is 54.6 Å². The van der Waals surface area contributed by atoms with Gasteiger partial charge in [-0.1, -0.05) is 42.5 Å². The molecule has 168 valence electrons. The predicted molar refractivity (Wildman–Crippen MR) is 128 cm³/mol. The van der Waals surface area contributed by atoms with Gasteiger partial charge in [-0.15, -0.1) is 0 Å². The minimum atomic E-state index is -0.555. The summed E-state index contributed by atoms with van der Waals surface area (Å²) in [4.78, 5) is 32.4. The van der Waals surface area contributed by atoms with Crippen LogP contribution in [-0.2, 0) is 16.1 Å². The lowest BCUT2D eigenvalue weighted by Gasteiger charge is -2.18. The van der Waals surface area contributed by atoms with Crippen molar-refractivity contribution in [3.63, 3.8) is 0 Å². The van der Waals surface area contributed by atoms with Crippen molar-refractivity contribution in [1.82, 2.24) is 4.98 Å². The van der Waals surface area contributed by atoms with Crippen LogP contribution in [0.25, 0.3) is 11.6 Å². The normalized spacial score (nSPS) is 13.8. The Labute approximate surface area is 192 Å². The second kappa shape index (κ2) is 9.16. The van der Waals surface area contributed by atoms with Crippen molar-refractivity contribution < 1.29 is 19.1 Å². The molecule has 1 aliphatic rings. The zero-order valence-corrected chi connectivity index (χ0v) is 18.8. The molecule has 3 aromatic rings. The number of methoxy groups -OCH3 is 1. The fraction of sp³-hybridized carbons (Fsp3) is 0.192. The number of esters is 1. The highest BCUT2D eigenvalue weighted by Crippen LogP contribution is 2.43. The number of rotatable bonds is 6. The van der Waals surface area contributed by atoms with Gasteiger partial charge in [0.2, 0.25) is 0 Å². The topological polar surface area (TPSA) is 94.7 Å². The molecule has 0 spiro atoms. The summed E-state index contributed by atoms with van der Waals surface area (Å²) in [6, 6.07) is 17.0. The first-order valence-electron chi connectivity index (χ1n) is 10.6. The molecule has 0 radical (unpaired) electrons. The minimum absolute atomic E-state index is 0.186. The highest BCUT2D eigenvalue weighted by molar-refractivity contribution is 6.37. The molecule has 1 aliphatic heterocycles. The van der Waals surface area contributed by atoms with Gasteiger partial charge in [-0.25, -0.2) is 9.78 Å². The van der Waals surface area contributed by atoms with E-state index >= 15 is 0 Å². The third kappa shape index (κ3) is 4.17. The minimum Gasteiger partial charge on any atom is -0.497 e. The standard InChI is InChI=1S/C26H25N3O4/c1-4-33-26(31)21-16(2)28-24-22(23(21)27)20(14-17-10-12-19(32-3)13-11-17)25(30)29(24)15-18-8-6-5-7-9-18/h5-14H,4,15H2,1-3H3,(H2,27,28)/b20-14-. The summed E-state index contributed by atoms with van der Waals surface area (Å²) in [5.41, 5.74) is 9.86. The van der Waals surface area contributed by atoms with E-state index in [0.29, 0.717) is 34.9 Å². The van der Waals surface area contributed by atoms with Crippen LogP contribution in [0.15, 0.2) is 54.6 Å². The van der Waals surface area contributed by atoms with Crippen molar-refractivity contribution in [3.8, 4) is 5.75 Å². The van der Waals surface area contributed by atoms with Gasteiger partial charge in [0, 0.05) is 0 Å². The van der Waals surface area contributed by atoms with Crippen LogP contribution in [0.5, 0.6) is 5.75 Å². The number of benzene rings is 2. The van der Waals surface area contributed by atoms with Gasteiger partial charge in [-0.3, -0.25) is 9.69 Å². The van der Waals surface area contributed by atoms with Gasteiger partial charge in [0.25, 0.3) is 5.91 Å². The number of carbonyl (C=O) groups is 2. The van der Waals surface area contributed by atoms with Crippen LogP contribution in [0.2, 0.25) is 0 Å². The van der Waals surface area contributed by atoms with Crippen molar-refractivity contribution in [1.29, 1.82) is 0 Å². The highest BCUT2D eigenvalue weighted by Gasteiger charge is 2.38. The number of hydrogen-bond donors (Lipinski definition) is 1. The van der Waals surface area contributed by atoms with E-state index in [2.05, 4.69) is 4.98 Å². The maximum Gasteiger partial charge on any atom is 0.342 e. The predicted octanol–water partition coefficient (Wildman–Crippen LogP) is 4.24. The number of hydrogen-bond acceptors (Lipinski definition) is 6. The maximum atomic E-state index is 13.6. The van der Waals surface area contributed by atoms with E-state index in [4.69, 9.17) is 15.2 Å². The number of fused-ring (bicyclic) bond motifs is 1. The number of anilines is 2. The SMILES string of the molecule is CCOC(=O)c1c(C)nc2c(c1N)/C(=C/c1ccc(OC)cc1)C(=O)N2Cc1ccccc1. The molecule has 0 aliphatic carbocycles. The average Bonchev–Trinajstić information content (AvgIpc) is 3.06. The second-order valence-electron chi connectivity index (χ2n) is 7.61. The first kappa shape index (κ1) is 22.1. The van der Waals surface area contributed by atoms with Crippen molar-refractivity contribution in [2.24, 2.45) is 0 Å². The molecule has 2 aromatic carbocycles. The molecule has 0 saturated heterocycles. The van der Waals surface area contributed by atoms with Crippen LogP contribution in [0, 0.1) is 6.92 Å². The van der Waals surface area contributed by atoms with Crippen LogP contribution < -0.4 is 15.4 Å². The van der Waals surface area contributed by atoms with Crippen molar-refractivity contribution in [2.75, 3.05) is 24.4 Å². The van der Waals surface area contributed by atoms with Crippen molar-refractivity contribution >= 4 is 35.0 Å². The average molecular weight is 444 g/mol.